The molecule has 0 aliphatic rings. The lowest BCUT2D eigenvalue weighted by molar-refractivity contribution is -0.119. The molecular formula is C25H26ClFN2O3S2. The highest BCUT2D eigenvalue weighted by molar-refractivity contribution is 7.98. The summed E-state index contributed by atoms with van der Waals surface area (Å²) in [5.74, 6) is 0.339. The molecule has 0 saturated heterocycles. The van der Waals surface area contributed by atoms with Gasteiger partial charge < -0.3 is 5.32 Å². The van der Waals surface area contributed by atoms with Crippen molar-refractivity contribution in [3.63, 3.8) is 0 Å². The molecule has 3 rings (SSSR count). The van der Waals surface area contributed by atoms with Gasteiger partial charge in [-0.05, 0) is 55.3 Å². The molecule has 0 fully saturated rings. The molecule has 1 amide bonds. The molecule has 34 heavy (non-hydrogen) atoms. The van der Waals surface area contributed by atoms with Gasteiger partial charge >= 0.3 is 0 Å². The second-order valence-electron chi connectivity index (χ2n) is 7.75. The van der Waals surface area contributed by atoms with E-state index in [9.17, 15) is 17.6 Å². The summed E-state index contributed by atoms with van der Waals surface area (Å²) in [5, 5.41) is 3.16. The molecular weight excluding hydrogens is 495 g/mol. The Morgan fingerprint density at radius 1 is 1.06 bits per heavy atom. The fourth-order valence-electron chi connectivity index (χ4n) is 3.14. The van der Waals surface area contributed by atoms with E-state index in [4.69, 9.17) is 11.6 Å². The van der Waals surface area contributed by atoms with Crippen molar-refractivity contribution < 1.29 is 17.6 Å². The summed E-state index contributed by atoms with van der Waals surface area (Å²) in [5.41, 5.74) is 2.63. The minimum absolute atomic E-state index is 0.0861. The number of aryl methyl sites for hydroxylation is 2. The highest BCUT2D eigenvalue weighted by Crippen LogP contribution is 2.28. The Morgan fingerprint density at radius 3 is 2.44 bits per heavy atom. The van der Waals surface area contributed by atoms with E-state index >= 15 is 0 Å². The minimum Gasteiger partial charge on any atom is -0.354 e. The Balaban J connectivity index is 1.68. The molecule has 3 aromatic rings. The zero-order valence-electron chi connectivity index (χ0n) is 18.9. The van der Waals surface area contributed by atoms with Crippen molar-refractivity contribution in [1.29, 1.82) is 0 Å². The molecule has 0 saturated carbocycles. The van der Waals surface area contributed by atoms with E-state index in [0.717, 1.165) is 15.4 Å². The normalized spacial score (nSPS) is 11.3. The zero-order chi connectivity index (χ0) is 24.7. The lowest BCUT2D eigenvalue weighted by atomic mass is 10.2. The van der Waals surface area contributed by atoms with Gasteiger partial charge in [-0.2, -0.15) is 11.8 Å². The van der Waals surface area contributed by atoms with Crippen LogP contribution in [-0.4, -0.2) is 33.2 Å². The standard InChI is InChI=1S/C25H26ClFN2O3S2/c1-18-7-11-22(12-8-18)34(31,32)29(21-10-9-19(2)23(26)15-21)16-25(30)28-13-14-33-17-20-5-3-4-6-24(20)27/h3-12,15H,13-14,16-17H2,1-2H3,(H,28,30). The van der Waals surface area contributed by atoms with Gasteiger partial charge in [-0.3, -0.25) is 9.10 Å². The number of carbonyl (C=O) groups is 1. The Hall–Kier alpha value is -2.55. The minimum atomic E-state index is -4.00. The third-order valence-electron chi connectivity index (χ3n) is 5.12. The van der Waals surface area contributed by atoms with E-state index in [1.54, 1.807) is 48.5 Å². The van der Waals surface area contributed by atoms with E-state index in [2.05, 4.69) is 5.32 Å². The quantitative estimate of drug-likeness (QED) is 0.366. The van der Waals surface area contributed by atoms with Crippen molar-refractivity contribution >= 4 is 45.0 Å². The maximum Gasteiger partial charge on any atom is 0.264 e. The number of rotatable bonds is 10. The number of nitrogens with one attached hydrogen (secondary N) is 1. The molecule has 0 aromatic heterocycles. The number of hydrogen-bond acceptors (Lipinski definition) is 4. The predicted octanol–water partition coefficient (Wildman–Crippen LogP) is 5.34. The lowest BCUT2D eigenvalue weighted by Crippen LogP contribution is -2.41. The molecule has 0 radical (unpaired) electrons. The Kier molecular flexibility index (Phi) is 8.99. The second-order valence-corrected chi connectivity index (χ2v) is 11.1. The van der Waals surface area contributed by atoms with Crippen LogP contribution in [0.5, 0.6) is 0 Å². The number of sulfonamides is 1. The average molecular weight is 521 g/mol. The van der Waals surface area contributed by atoms with E-state index < -0.39 is 22.5 Å². The van der Waals surface area contributed by atoms with Crippen molar-refractivity contribution in [2.45, 2.75) is 24.5 Å². The van der Waals surface area contributed by atoms with Crippen LogP contribution >= 0.6 is 23.4 Å². The Morgan fingerprint density at radius 2 is 1.76 bits per heavy atom. The first-order chi connectivity index (χ1) is 16.2. The van der Waals surface area contributed by atoms with Crippen LogP contribution in [-0.2, 0) is 20.6 Å². The number of anilines is 1. The maximum atomic E-state index is 13.7. The van der Waals surface area contributed by atoms with Gasteiger partial charge in [-0.15, -0.1) is 0 Å². The van der Waals surface area contributed by atoms with Gasteiger partial charge in [0.25, 0.3) is 10.0 Å². The maximum absolute atomic E-state index is 13.7. The molecule has 9 heteroatoms. The molecule has 0 unspecified atom stereocenters. The van der Waals surface area contributed by atoms with E-state index in [1.807, 2.05) is 13.8 Å². The number of nitrogens with zero attached hydrogens (tertiary/aromatic N) is 1. The van der Waals surface area contributed by atoms with Crippen LogP contribution in [0.3, 0.4) is 0 Å². The van der Waals surface area contributed by atoms with Crippen molar-refractivity contribution in [3.05, 3.63) is 94.3 Å². The molecule has 0 aliphatic heterocycles. The summed E-state index contributed by atoms with van der Waals surface area (Å²) < 4.78 is 41.6. The van der Waals surface area contributed by atoms with Gasteiger partial charge in [0, 0.05) is 23.1 Å². The molecule has 0 spiro atoms. The van der Waals surface area contributed by atoms with Crippen molar-refractivity contribution in [2.24, 2.45) is 0 Å². The predicted molar refractivity (Wildman–Crippen MR) is 137 cm³/mol. The lowest BCUT2D eigenvalue weighted by Gasteiger charge is -2.24. The number of benzene rings is 3. The fourth-order valence-corrected chi connectivity index (χ4v) is 5.57. The van der Waals surface area contributed by atoms with Crippen LogP contribution in [0.2, 0.25) is 5.02 Å². The first-order valence-electron chi connectivity index (χ1n) is 10.6. The molecule has 0 aliphatic carbocycles. The van der Waals surface area contributed by atoms with Crippen LogP contribution in [0.15, 0.2) is 71.6 Å². The van der Waals surface area contributed by atoms with Crippen molar-refractivity contribution in [3.8, 4) is 0 Å². The van der Waals surface area contributed by atoms with Gasteiger partial charge in [0.2, 0.25) is 5.91 Å². The topological polar surface area (TPSA) is 66.5 Å². The van der Waals surface area contributed by atoms with Crippen molar-refractivity contribution in [2.75, 3.05) is 23.1 Å². The van der Waals surface area contributed by atoms with Crippen LogP contribution in [0.25, 0.3) is 0 Å². The summed E-state index contributed by atoms with van der Waals surface area (Å²) in [6, 6.07) is 17.9. The summed E-state index contributed by atoms with van der Waals surface area (Å²) in [4.78, 5) is 12.8. The largest absolute Gasteiger partial charge is 0.354 e. The van der Waals surface area contributed by atoms with Gasteiger partial charge in [0.1, 0.15) is 12.4 Å². The second kappa shape index (κ2) is 11.7. The SMILES string of the molecule is Cc1ccc(S(=O)(=O)N(CC(=O)NCCSCc2ccccc2F)c2ccc(C)c(Cl)c2)cc1. The number of amides is 1. The number of halogens is 2. The molecule has 0 bridgehead atoms. The Labute approximate surface area is 209 Å². The van der Waals surface area contributed by atoms with Gasteiger partial charge in [0.05, 0.1) is 10.6 Å². The van der Waals surface area contributed by atoms with Gasteiger partial charge in [-0.25, -0.2) is 12.8 Å². The smallest absolute Gasteiger partial charge is 0.264 e. The average Bonchev–Trinajstić information content (AvgIpc) is 2.80. The highest BCUT2D eigenvalue weighted by atomic mass is 35.5. The van der Waals surface area contributed by atoms with E-state index in [-0.39, 0.29) is 10.7 Å². The summed E-state index contributed by atoms with van der Waals surface area (Å²) in [7, 11) is -4.00. The molecule has 1 N–H and O–H groups in total. The monoisotopic (exact) mass is 520 g/mol. The molecule has 3 aromatic carbocycles. The van der Waals surface area contributed by atoms with E-state index in [1.165, 1.54) is 30.0 Å². The summed E-state index contributed by atoms with van der Waals surface area (Å²) >= 11 is 7.72. The van der Waals surface area contributed by atoms with E-state index in [0.29, 0.717) is 34.3 Å². The molecule has 0 atom stereocenters. The van der Waals surface area contributed by atoms with Crippen LogP contribution < -0.4 is 9.62 Å². The van der Waals surface area contributed by atoms with Gasteiger partial charge in [0.15, 0.2) is 0 Å². The zero-order valence-corrected chi connectivity index (χ0v) is 21.3. The first kappa shape index (κ1) is 26.1. The van der Waals surface area contributed by atoms with Crippen molar-refractivity contribution in [1.82, 2.24) is 5.32 Å². The fraction of sp³-hybridized carbons (Fsp3) is 0.240. The highest BCUT2D eigenvalue weighted by Gasteiger charge is 2.27. The Bertz CT molecular complexity index is 1250. The molecule has 180 valence electrons. The third-order valence-corrected chi connectivity index (χ3v) is 8.33. The number of hydrogen-bond donors (Lipinski definition) is 1. The molecule has 5 nitrogen and oxygen atoms in total. The summed E-state index contributed by atoms with van der Waals surface area (Å²) in [6.07, 6.45) is 0. The van der Waals surface area contributed by atoms with Gasteiger partial charge in [-0.1, -0.05) is 53.6 Å². The third kappa shape index (κ3) is 6.74. The molecule has 0 heterocycles. The van der Waals surface area contributed by atoms with Crippen LogP contribution in [0.4, 0.5) is 10.1 Å². The van der Waals surface area contributed by atoms with Crippen LogP contribution in [0.1, 0.15) is 16.7 Å². The number of carbonyl (C=O) groups excluding carboxylic acids is 1. The number of thioether (sulfide) groups is 1. The summed E-state index contributed by atoms with van der Waals surface area (Å²) in [6.45, 7) is 3.61. The van der Waals surface area contributed by atoms with Crippen LogP contribution in [0, 0.1) is 19.7 Å². The first-order valence-corrected chi connectivity index (χ1v) is 13.6.